The zero-order valence-corrected chi connectivity index (χ0v) is 12.8. The Balaban J connectivity index is 2.29. The van der Waals surface area contributed by atoms with Crippen LogP contribution in [0.2, 0.25) is 0 Å². The minimum absolute atomic E-state index is 0.197. The number of nitrogens with zero attached hydrogens (tertiary/aromatic N) is 1. The Morgan fingerprint density at radius 2 is 2.15 bits per heavy atom. The molecule has 0 radical (unpaired) electrons. The van der Waals surface area contributed by atoms with E-state index in [1.807, 2.05) is 12.1 Å². The molecule has 1 aliphatic heterocycles. The molecule has 20 heavy (non-hydrogen) atoms. The van der Waals surface area contributed by atoms with E-state index in [4.69, 9.17) is 15.2 Å². The Hall–Kier alpha value is -1.26. The summed E-state index contributed by atoms with van der Waals surface area (Å²) >= 11 is 0. The highest BCUT2D eigenvalue weighted by Gasteiger charge is 2.26. The standard InChI is InChI=1S/C16H26N2O2/c1-12-5-4-8-18(11-12)15(10-17)14-9-13(19-2)6-7-16(14)20-3/h6-7,9,12,15H,4-5,8,10-11,17H2,1-3H3/t12-,15-/m1/s1. The van der Waals surface area contributed by atoms with E-state index in [9.17, 15) is 0 Å². The van der Waals surface area contributed by atoms with Crippen LogP contribution in [0, 0.1) is 5.92 Å². The van der Waals surface area contributed by atoms with Gasteiger partial charge in [0, 0.05) is 18.7 Å². The predicted octanol–water partition coefficient (Wildman–Crippen LogP) is 2.44. The van der Waals surface area contributed by atoms with Gasteiger partial charge in [0.15, 0.2) is 0 Å². The number of piperidine rings is 1. The van der Waals surface area contributed by atoms with Crippen molar-refractivity contribution in [3.8, 4) is 11.5 Å². The van der Waals surface area contributed by atoms with Gasteiger partial charge in [0.2, 0.25) is 0 Å². The molecule has 1 aromatic rings. The fraction of sp³-hybridized carbons (Fsp3) is 0.625. The molecule has 2 N–H and O–H groups in total. The highest BCUT2D eigenvalue weighted by atomic mass is 16.5. The zero-order valence-electron chi connectivity index (χ0n) is 12.8. The normalized spacial score (nSPS) is 21.5. The average Bonchev–Trinajstić information content (AvgIpc) is 2.48. The van der Waals surface area contributed by atoms with Crippen molar-refractivity contribution in [1.29, 1.82) is 0 Å². The Bertz CT molecular complexity index is 436. The molecule has 1 aliphatic rings. The van der Waals surface area contributed by atoms with Gasteiger partial charge in [-0.25, -0.2) is 0 Å². The van der Waals surface area contributed by atoms with Gasteiger partial charge in [-0.05, 0) is 43.5 Å². The first kappa shape index (κ1) is 15.1. The Morgan fingerprint density at radius 1 is 1.35 bits per heavy atom. The monoisotopic (exact) mass is 278 g/mol. The SMILES string of the molecule is COc1ccc(OC)c([C@@H](CN)N2CCC[C@@H](C)C2)c1. The fourth-order valence-corrected chi connectivity index (χ4v) is 3.08. The molecule has 1 fully saturated rings. The minimum atomic E-state index is 0.197. The summed E-state index contributed by atoms with van der Waals surface area (Å²) in [6.07, 6.45) is 2.55. The highest BCUT2D eigenvalue weighted by Crippen LogP contribution is 2.34. The maximum atomic E-state index is 6.06. The van der Waals surface area contributed by atoms with Gasteiger partial charge in [-0.2, -0.15) is 0 Å². The van der Waals surface area contributed by atoms with Crippen molar-refractivity contribution in [3.63, 3.8) is 0 Å². The zero-order chi connectivity index (χ0) is 14.5. The van der Waals surface area contributed by atoms with Crippen LogP contribution in [-0.2, 0) is 0 Å². The lowest BCUT2D eigenvalue weighted by molar-refractivity contribution is 0.131. The molecule has 0 unspecified atom stereocenters. The summed E-state index contributed by atoms with van der Waals surface area (Å²) < 4.78 is 10.9. The Morgan fingerprint density at radius 3 is 2.75 bits per heavy atom. The van der Waals surface area contributed by atoms with E-state index < -0.39 is 0 Å². The summed E-state index contributed by atoms with van der Waals surface area (Å²) in [6.45, 7) is 5.10. The van der Waals surface area contributed by atoms with Crippen LogP contribution in [0.25, 0.3) is 0 Å². The third-order valence-electron chi connectivity index (χ3n) is 4.15. The topological polar surface area (TPSA) is 47.7 Å². The first-order chi connectivity index (χ1) is 9.69. The number of benzene rings is 1. The molecule has 4 heteroatoms. The summed E-state index contributed by atoms with van der Waals surface area (Å²) in [7, 11) is 3.39. The molecule has 0 aliphatic carbocycles. The molecule has 4 nitrogen and oxygen atoms in total. The van der Waals surface area contributed by atoms with Gasteiger partial charge in [0.25, 0.3) is 0 Å². The summed E-state index contributed by atoms with van der Waals surface area (Å²) in [6, 6.07) is 6.14. The van der Waals surface area contributed by atoms with Gasteiger partial charge >= 0.3 is 0 Å². The number of hydrogen-bond acceptors (Lipinski definition) is 4. The molecule has 0 saturated carbocycles. The van der Waals surface area contributed by atoms with Crippen molar-refractivity contribution in [2.24, 2.45) is 11.7 Å². The molecule has 1 aromatic carbocycles. The molecule has 0 aromatic heterocycles. The van der Waals surface area contributed by atoms with E-state index >= 15 is 0 Å². The fourth-order valence-electron chi connectivity index (χ4n) is 3.08. The quantitative estimate of drug-likeness (QED) is 0.898. The van der Waals surface area contributed by atoms with E-state index in [2.05, 4.69) is 17.9 Å². The highest BCUT2D eigenvalue weighted by molar-refractivity contribution is 5.42. The third kappa shape index (κ3) is 3.25. The summed E-state index contributed by atoms with van der Waals surface area (Å²) in [5.74, 6) is 2.47. The third-order valence-corrected chi connectivity index (χ3v) is 4.15. The van der Waals surface area contributed by atoms with Crippen molar-refractivity contribution in [1.82, 2.24) is 4.90 Å². The molecule has 2 atom stereocenters. The predicted molar refractivity (Wildman–Crippen MR) is 81.3 cm³/mol. The van der Waals surface area contributed by atoms with Crippen molar-refractivity contribution >= 4 is 0 Å². The minimum Gasteiger partial charge on any atom is -0.497 e. The second kappa shape index (κ2) is 6.95. The summed E-state index contributed by atoms with van der Waals surface area (Å²) in [5.41, 5.74) is 7.19. The number of nitrogens with two attached hydrogens (primary N) is 1. The van der Waals surface area contributed by atoms with Gasteiger partial charge < -0.3 is 15.2 Å². The lowest BCUT2D eigenvalue weighted by atomic mass is 9.95. The van der Waals surface area contributed by atoms with Gasteiger partial charge in [0.1, 0.15) is 11.5 Å². The second-order valence-corrected chi connectivity index (χ2v) is 5.60. The maximum absolute atomic E-state index is 6.06. The van der Waals surface area contributed by atoms with E-state index in [1.54, 1.807) is 14.2 Å². The number of ether oxygens (including phenoxy) is 2. The van der Waals surface area contributed by atoms with Crippen LogP contribution in [0.3, 0.4) is 0 Å². The average molecular weight is 278 g/mol. The van der Waals surface area contributed by atoms with E-state index in [1.165, 1.54) is 12.8 Å². The van der Waals surface area contributed by atoms with Crippen LogP contribution < -0.4 is 15.2 Å². The number of methoxy groups -OCH3 is 2. The molecule has 0 bridgehead atoms. The summed E-state index contributed by atoms with van der Waals surface area (Å²) in [5, 5.41) is 0. The molecule has 1 heterocycles. The van der Waals surface area contributed by atoms with Crippen LogP contribution in [0.1, 0.15) is 31.4 Å². The van der Waals surface area contributed by atoms with Crippen molar-refractivity contribution < 1.29 is 9.47 Å². The largest absolute Gasteiger partial charge is 0.497 e. The van der Waals surface area contributed by atoms with Gasteiger partial charge in [-0.15, -0.1) is 0 Å². The second-order valence-electron chi connectivity index (χ2n) is 5.60. The smallest absolute Gasteiger partial charge is 0.123 e. The van der Waals surface area contributed by atoms with Gasteiger partial charge in [-0.3, -0.25) is 4.90 Å². The van der Waals surface area contributed by atoms with Crippen LogP contribution in [-0.4, -0.2) is 38.8 Å². The van der Waals surface area contributed by atoms with E-state index in [0.717, 1.165) is 36.1 Å². The van der Waals surface area contributed by atoms with Crippen molar-refractivity contribution in [2.45, 2.75) is 25.8 Å². The Kier molecular flexibility index (Phi) is 5.26. The molecule has 0 amide bonds. The van der Waals surface area contributed by atoms with Crippen LogP contribution in [0.5, 0.6) is 11.5 Å². The Labute approximate surface area is 121 Å². The lowest BCUT2D eigenvalue weighted by Gasteiger charge is -2.37. The lowest BCUT2D eigenvalue weighted by Crippen LogP contribution is -2.40. The molecule has 1 saturated heterocycles. The molecule has 112 valence electrons. The van der Waals surface area contributed by atoms with Gasteiger partial charge in [-0.1, -0.05) is 6.92 Å². The van der Waals surface area contributed by atoms with E-state index in [-0.39, 0.29) is 6.04 Å². The van der Waals surface area contributed by atoms with E-state index in [0.29, 0.717) is 6.54 Å². The first-order valence-electron chi connectivity index (χ1n) is 7.35. The number of likely N-dealkylation sites (tertiary alicyclic amines) is 1. The van der Waals surface area contributed by atoms with Crippen molar-refractivity contribution in [3.05, 3.63) is 23.8 Å². The number of hydrogen-bond donors (Lipinski definition) is 1. The van der Waals surface area contributed by atoms with Crippen molar-refractivity contribution in [2.75, 3.05) is 33.9 Å². The van der Waals surface area contributed by atoms with Gasteiger partial charge in [0.05, 0.1) is 20.3 Å². The molecule has 2 rings (SSSR count). The van der Waals surface area contributed by atoms with Crippen LogP contribution >= 0.6 is 0 Å². The first-order valence-corrected chi connectivity index (χ1v) is 7.35. The molecule has 0 spiro atoms. The van der Waals surface area contributed by atoms with Crippen LogP contribution in [0.4, 0.5) is 0 Å². The number of rotatable bonds is 5. The molecular weight excluding hydrogens is 252 g/mol. The maximum Gasteiger partial charge on any atom is 0.123 e. The molecular formula is C16H26N2O2. The van der Waals surface area contributed by atoms with Crippen LogP contribution in [0.15, 0.2) is 18.2 Å². The summed E-state index contributed by atoms with van der Waals surface area (Å²) in [4.78, 5) is 2.48.